The summed E-state index contributed by atoms with van der Waals surface area (Å²) in [5, 5.41) is 10.9. The molecule has 14 heavy (non-hydrogen) atoms. The van der Waals surface area contributed by atoms with Crippen LogP contribution in [0.1, 0.15) is 6.42 Å². The molecule has 0 aliphatic carbocycles. The highest BCUT2D eigenvalue weighted by Gasteiger charge is 2.07. The van der Waals surface area contributed by atoms with E-state index in [1.165, 1.54) is 26.1 Å². The predicted octanol–water partition coefficient (Wildman–Crippen LogP) is -0.427. The van der Waals surface area contributed by atoms with Crippen LogP contribution in [-0.2, 0) is 6.54 Å². The lowest BCUT2D eigenvalue weighted by atomic mass is 10.3. The molecular weight excluding hydrogens is 178 g/mol. The van der Waals surface area contributed by atoms with Gasteiger partial charge in [0, 0.05) is 32.7 Å². The summed E-state index contributed by atoms with van der Waals surface area (Å²) in [5.74, 6) is 0. The van der Waals surface area contributed by atoms with E-state index in [0.717, 1.165) is 19.6 Å². The van der Waals surface area contributed by atoms with Crippen LogP contribution in [0.25, 0.3) is 0 Å². The maximum absolute atomic E-state index is 3.78. The van der Waals surface area contributed by atoms with E-state index in [2.05, 4.69) is 20.4 Å². The van der Waals surface area contributed by atoms with E-state index in [4.69, 9.17) is 0 Å². The Labute approximate surface area is 84.1 Å². The molecule has 5 heteroatoms. The highest BCUT2D eigenvalue weighted by Crippen LogP contribution is 1.96. The summed E-state index contributed by atoms with van der Waals surface area (Å²) in [6.45, 7) is 6.83. The van der Waals surface area contributed by atoms with Gasteiger partial charge in [0.15, 0.2) is 0 Å². The van der Waals surface area contributed by atoms with E-state index >= 15 is 0 Å². The van der Waals surface area contributed by atoms with Crippen molar-refractivity contribution in [3.05, 3.63) is 12.7 Å². The van der Waals surface area contributed by atoms with Crippen molar-refractivity contribution in [3.8, 4) is 0 Å². The lowest BCUT2D eigenvalue weighted by Gasteiger charge is -2.26. The van der Waals surface area contributed by atoms with Gasteiger partial charge in [-0.15, -0.1) is 10.2 Å². The van der Waals surface area contributed by atoms with Gasteiger partial charge in [0.05, 0.1) is 0 Å². The molecule has 0 unspecified atom stereocenters. The summed E-state index contributed by atoms with van der Waals surface area (Å²) in [6, 6.07) is 0. The van der Waals surface area contributed by atoms with Gasteiger partial charge >= 0.3 is 0 Å². The van der Waals surface area contributed by atoms with Crippen LogP contribution in [-0.4, -0.2) is 52.4 Å². The Morgan fingerprint density at radius 1 is 1.07 bits per heavy atom. The quantitative estimate of drug-likeness (QED) is 0.708. The van der Waals surface area contributed by atoms with Crippen LogP contribution in [0.3, 0.4) is 0 Å². The van der Waals surface area contributed by atoms with Crippen molar-refractivity contribution in [1.82, 2.24) is 25.0 Å². The van der Waals surface area contributed by atoms with E-state index in [1.54, 1.807) is 12.7 Å². The SMILES string of the molecule is c1nncn1CCCN1CCNCC1. The van der Waals surface area contributed by atoms with Gasteiger partial charge < -0.3 is 14.8 Å². The first-order valence-electron chi connectivity index (χ1n) is 5.20. The number of rotatable bonds is 4. The fourth-order valence-corrected chi connectivity index (χ4v) is 1.75. The third kappa shape index (κ3) is 2.78. The number of aryl methyl sites for hydroxylation is 1. The first-order chi connectivity index (χ1) is 6.95. The molecule has 1 aliphatic rings. The summed E-state index contributed by atoms with van der Waals surface area (Å²) in [5.41, 5.74) is 0. The normalized spacial score (nSPS) is 18.6. The molecule has 0 bridgehead atoms. The fourth-order valence-electron chi connectivity index (χ4n) is 1.75. The van der Waals surface area contributed by atoms with Gasteiger partial charge in [0.25, 0.3) is 0 Å². The number of piperazine rings is 1. The predicted molar refractivity (Wildman–Crippen MR) is 53.9 cm³/mol. The minimum absolute atomic E-state index is 1.02. The Morgan fingerprint density at radius 3 is 2.50 bits per heavy atom. The van der Waals surface area contributed by atoms with Crippen molar-refractivity contribution in [2.24, 2.45) is 0 Å². The molecule has 1 aromatic rings. The summed E-state index contributed by atoms with van der Waals surface area (Å²) in [4.78, 5) is 2.50. The summed E-state index contributed by atoms with van der Waals surface area (Å²) < 4.78 is 2.03. The third-order valence-electron chi connectivity index (χ3n) is 2.57. The number of aromatic nitrogens is 3. The van der Waals surface area contributed by atoms with Crippen molar-refractivity contribution < 1.29 is 0 Å². The highest BCUT2D eigenvalue weighted by molar-refractivity contribution is 4.68. The number of hydrogen-bond donors (Lipinski definition) is 1. The molecule has 2 rings (SSSR count). The number of hydrogen-bond acceptors (Lipinski definition) is 4. The van der Waals surface area contributed by atoms with Crippen molar-refractivity contribution in [3.63, 3.8) is 0 Å². The molecule has 2 heterocycles. The lowest BCUT2D eigenvalue weighted by molar-refractivity contribution is 0.234. The Hall–Kier alpha value is -0.940. The molecule has 0 saturated carbocycles. The Kier molecular flexibility index (Phi) is 3.48. The van der Waals surface area contributed by atoms with E-state index in [0.29, 0.717) is 0 Å². The highest BCUT2D eigenvalue weighted by atomic mass is 15.2. The van der Waals surface area contributed by atoms with Crippen LogP contribution in [0.5, 0.6) is 0 Å². The molecule has 5 nitrogen and oxygen atoms in total. The number of nitrogens with zero attached hydrogens (tertiary/aromatic N) is 4. The minimum Gasteiger partial charge on any atom is -0.320 e. The van der Waals surface area contributed by atoms with Crippen LogP contribution >= 0.6 is 0 Å². The zero-order valence-electron chi connectivity index (χ0n) is 8.39. The lowest BCUT2D eigenvalue weighted by Crippen LogP contribution is -2.43. The summed E-state index contributed by atoms with van der Waals surface area (Å²) in [6.07, 6.45) is 4.73. The largest absolute Gasteiger partial charge is 0.320 e. The van der Waals surface area contributed by atoms with Crippen molar-refractivity contribution in [2.45, 2.75) is 13.0 Å². The van der Waals surface area contributed by atoms with Gasteiger partial charge in [-0.25, -0.2) is 0 Å². The third-order valence-corrected chi connectivity index (χ3v) is 2.57. The van der Waals surface area contributed by atoms with Crippen LogP contribution in [0.4, 0.5) is 0 Å². The average molecular weight is 195 g/mol. The Bertz CT molecular complexity index is 240. The zero-order valence-corrected chi connectivity index (χ0v) is 8.39. The maximum Gasteiger partial charge on any atom is 0.119 e. The summed E-state index contributed by atoms with van der Waals surface area (Å²) in [7, 11) is 0. The van der Waals surface area contributed by atoms with Crippen LogP contribution in [0, 0.1) is 0 Å². The van der Waals surface area contributed by atoms with Gasteiger partial charge in [-0.1, -0.05) is 0 Å². The second-order valence-corrected chi connectivity index (χ2v) is 3.64. The topological polar surface area (TPSA) is 46.0 Å². The smallest absolute Gasteiger partial charge is 0.119 e. The molecule has 0 amide bonds. The van der Waals surface area contributed by atoms with Crippen molar-refractivity contribution >= 4 is 0 Å². The Morgan fingerprint density at radius 2 is 1.79 bits per heavy atom. The van der Waals surface area contributed by atoms with E-state index < -0.39 is 0 Å². The van der Waals surface area contributed by atoms with Gasteiger partial charge in [0.2, 0.25) is 0 Å². The molecule has 1 aliphatic heterocycles. The monoisotopic (exact) mass is 195 g/mol. The molecule has 78 valence electrons. The molecule has 1 saturated heterocycles. The van der Waals surface area contributed by atoms with Crippen LogP contribution in [0.2, 0.25) is 0 Å². The second kappa shape index (κ2) is 5.07. The molecule has 1 aromatic heterocycles. The standard InChI is InChI=1S/C9H17N5/c1(5-14-8-11-12-9-14)4-13-6-2-10-3-7-13/h8-10H,1-7H2. The zero-order chi connectivity index (χ0) is 9.64. The van der Waals surface area contributed by atoms with E-state index in [-0.39, 0.29) is 0 Å². The minimum atomic E-state index is 1.02. The van der Waals surface area contributed by atoms with Crippen molar-refractivity contribution in [1.29, 1.82) is 0 Å². The molecule has 0 atom stereocenters. The summed E-state index contributed by atoms with van der Waals surface area (Å²) >= 11 is 0. The second-order valence-electron chi connectivity index (χ2n) is 3.64. The van der Waals surface area contributed by atoms with Gasteiger partial charge in [-0.3, -0.25) is 0 Å². The van der Waals surface area contributed by atoms with Gasteiger partial charge in [-0.2, -0.15) is 0 Å². The first kappa shape index (κ1) is 9.61. The van der Waals surface area contributed by atoms with E-state index in [1.807, 2.05) is 4.57 Å². The molecule has 0 radical (unpaired) electrons. The first-order valence-corrected chi connectivity index (χ1v) is 5.20. The molecule has 0 aromatic carbocycles. The maximum atomic E-state index is 3.78. The van der Waals surface area contributed by atoms with Gasteiger partial charge in [-0.05, 0) is 13.0 Å². The fraction of sp³-hybridized carbons (Fsp3) is 0.778. The van der Waals surface area contributed by atoms with Crippen LogP contribution in [0.15, 0.2) is 12.7 Å². The molecular formula is C9H17N5. The van der Waals surface area contributed by atoms with E-state index in [9.17, 15) is 0 Å². The van der Waals surface area contributed by atoms with Crippen LogP contribution < -0.4 is 5.32 Å². The average Bonchev–Trinajstić information content (AvgIpc) is 2.72. The Balaban J connectivity index is 1.62. The molecule has 0 spiro atoms. The van der Waals surface area contributed by atoms with Crippen molar-refractivity contribution in [2.75, 3.05) is 32.7 Å². The van der Waals surface area contributed by atoms with Gasteiger partial charge in [0.1, 0.15) is 12.7 Å². The molecule has 1 fully saturated rings. The number of nitrogens with one attached hydrogen (secondary N) is 1. The molecule has 1 N–H and O–H groups in total.